The van der Waals surface area contributed by atoms with Crippen molar-refractivity contribution < 1.29 is 48.3 Å². The summed E-state index contributed by atoms with van der Waals surface area (Å²) in [5.74, 6) is -0.250. The number of aliphatic hydroxyl groups is 2. The molecule has 8 unspecified atom stereocenters. The Morgan fingerprint density at radius 2 is 1.16 bits per heavy atom. The van der Waals surface area contributed by atoms with Crippen LogP contribution in [-0.4, -0.2) is 166 Å². The summed E-state index contributed by atoms with van der Waals surface area (Å²) in [5, 5.41) is 30.3. The van der Waals surface area contributed by atoms with Gasteiger partial charge in [0.25, 0.3) is 0 Å². The molecule has 0 amide bonds. The van der Waals surface area contributed by atoms with Crippen LogP contribution < -0.4 is 22.0 Å². The SMILES string of the molecule is CC1(C)OC2C(CO)OC(n3cnc4c(-n5cnnc5)ncnc43)C2O1.CNOCCCCN.CNOCCCCNc1ncnc2c1ncn2C1OC(CO)C2OC(C)(C)OC21. The van der Waals surface area contributed by atoms with Crippen LogP contribution in [0.2, 0.25) is 0 Å². The van der Waals surface area contributed by atoms with E-state index in [1.165, 1.54) is 12.7 Å². The Bertz CT molecular complexity index is 2170. The largest absolute Gasteiger partial charge is 0.394 e. The number of unbranched alkanes of at least 4 members (excludes halogenated alkanes) is 2. The van der Waals surface area contributed by atoms with Crippen LogP contribution in [0.5, 0.6) is 0 Å². The highest BCUT2D eigenvalue weighted by Gasteiger charge is 2.57. The summed E-state index contributed by atoms with van der Waals surface area (Å²) in [7, 11) is 3.50. The third-order valence-corrected chi connectivity index (χ3v) is 10.5. The van der Waals surface area contributed by atoms with E-state index in [9.17, 15) is 10.2 Å². The molecule has 0 saturated carbocycles. The third-order valence-electron chi connectivity index (χ3n) is 10.5. The molecule has 9 heterocycles. The van der Waals surface area contributed by atoms with Gasteiger partial charge >= 0.3 is 0 Å². The van der Waals surface area contributed by atoms with Crippen molar-refractivity contribution in [2.24, 2.45) is 5.73 Å². The predicted octanol–water partition coefficient (Wildman–Crippen LogP) is 0.272. The number of anilines is 1. The average Bonchev–Trinajstić information content (AvgIpc) is 4.15. The van der Waals surface area contributed by atoms with Gasteiger partial charge in [0.2, 0.25) is 0 Å². The number of hydroxylamine groups is 2. The molecule has 25 nitrogen and oxygen atoms in total. The fraction of sp³-hybridized carbons (Fsp3) is 0.684. The fourth-order valence-electron chi connectivity index (χ4n) is 7.78. The highest BCUT2D eigenvalue weighted by Crippen LogP contribution is 2.45. The van der Waals surface area contributed by atoms with Crippen LogP contribution in [0.1, 0.15) is 65.8 Å². The summed E-state index contributed by atoms with van der Waals surface area (Å²) in [5.41, 5.74) is 12.9. The maximum Gasteiger partial charge on any atom is 0.170 e. The Labute approximate surface area is 363 Å². The lowest BCUT2D eigenvalue weighted by molar-refractivity contribution is -0.200. The van der Waals surface area contributed by atoms with Gasteiger partial charge in [0.05, 0.1) is 39.1 Å². The van der Waals surface area contributed by atoms with Crippen molar-refractivity contribution >= 4 is 28.1 Å². The van der Waals surface area contributed by atoms with Crippen LogP contribution >= 0.6 is 0 Å². The van der Waals surface area contributed by atoms with Crippen molar-refractivity contribution in [3.8, 4) is 5.82 Å². The number of aliphatic hydroxyl groups excluding tert-OH is 2. The summed E-state index contributed by atoms with van der Waals surface area (Å²) >= 11 is 0. The molecule has 4 aliphatic rings. The van der Waals surface area contributed by atoms with Crippen molar-refractivity contribution in [1.82, 2.24) is 64.8 Å². The molecule has 4 aliphatic heterocycles. The number of nitrogens with zero attached hydrogens (tertiary/aromatic N) is 11. The van der Waals surface area contributed by atoms with Gasteiger partial charge in [0.15, 0.2) is 58.0 Å². The number of hydrogen-bond donors (Lipinski definition) is 6. The number of hydrogen-bond acceptors (Lipinski definition) is 22. The van der Waals surface area contributed by atoms with E-state index < -0.39 is 36.2 Å². The molecule has 0 aromatic carbocycles. The van der Waals surface area contributed by atoms with Gasteiger partial charge in [-0.3, -0.25) is 13.7 Å². The molecule has 9 rings (SSSR count). The van der Waals surface area contributed by atoms with Gasteiger partial charge in [-0.1, -0.05) is 0 Å². The first kappa shape index (κ1) is 46.5. The quantitative estimate of drug-likeness (QED) is 0.0540. The molecule has 8 atom stereocenters. The highest BCUT2D eigenvalue weighted by atomic mass is 16.8. The van der Waals surface area contributed by atoms with Gasteiger partial charge in [-0.2, -0.15) is 0 Å². The number of nitrogens with one attached hydrogen (secondary N) is 3. The molecule has 0 radical (unpaired) electrons. The Morgan fingerprint density at radius 3 is 1.70 bits per heavy atom. The summed E-state index contributed by atoms with van der Waals surface area (Å²) < 4.78 is 41.2. The predicted molar refractivity (Wildman–Crippen MR) is 221 cm³/mol. The number of ether oxygens (including phenoxy) is 6. The summed E-state index contributed by atoms with van der Waals surface area (Å²) in [4.78, 5) is 36.2. The molecule has 25 heteroatoms. The van der Waals surface area contributed by atoms with Crippen molar-refractivity contribution in [2.75, 3.05) is 58.9 Å². The second-order valence-corrected chi connectivity index (χ2v) is 15.8. The third kappa shape index (κ3) is 10.6. The number of rotatable bonds is 17. The smallest absolute Gasteiger partial charge is 0.170 e. The van der Waals surface area contributed by atoms with Crippen LogP contribution in [0.15, 0.2) is 38.0 Å². The molecule has 63 heavy (non-hydrogen) atoms. The zero-order chi connectivity index (χ0) is 44.6. The second kappa shape index (κ2) is 21.0. The van der Waals surface area contributed by atoms with Gasteiger partial charge in [-0.25, -0.2) is 40.9 Å². The molecule has 5 aromatic rings. The van der Waals surface area contributed by atoms with E-state index in [2.05, 4.69) is 56.4 Å². The minimum atomic E-state index is -0.746. The lowest BCUT2D eigenvalue weighted by Crippen LogP contribution is -2.31. The Morgan fingerprint density at radius 1 is 0.651 bits per heavy atom. The van der Waals surface area contributed by atoms with E-state index in [0.717, 1.165) is 45.4 Å². The van der Waals surface area contributed by atoms with E-state index >= 15 is 0 Å². The van der Waals surface area contributed by atoms with E-state index in [-0.39, 0.29) is 37.6 Å². The molecule has 346 valence electrons. The maximum atomic E-state index is 9.70. The summed E-state index contributed by atoms with van der Waals surface area (Å²) in [6.45, 7) is 9.99. The van der Waals surface area contributed by atoms with E-state index in [1.54, 1.807) is 48.5 Å². The van der Waals surface area contributed by atoms with Gasteiger partial charge in [-0.15, -0.1) is 10.2 Å². The van der Waals surface area contributed by atoms with E-state index in [4.69, 9.17) is 43.8 Å². The number of imidazole rings is 2. The normalized spacial score (nSPS) is 26.6. The molecule has 5 aromatic heterocycles. The van der Waals surface area contributed by atoms with Crippen LogP contribution in [-0.2, 0) is 38.1 Å². The summed E-state index contributed by atoms with van der Waals surface area (Å²) in [6, 6.07) is 0. The van der Waals surface area contributed by atoms with Crippen LogP contribution in [0, 0.1) is 0 Å². The molecule has 7 N–H and O–H groups in total. The van der Waals surface area contributed by atoms with Gasteiger partial charge in [0, 0.05) is 20.6 Å². The van der Waals surface area contributed by atoms with Crippen molar-refractivity contribution in [3.05, 3.63) is 38.0 Å². The van der Waals surface area contributed by atoms with Gasteiger partial charge in [0.1, 0.15) is 61.9 Å². The van der Waals surface area contributed by atoms with Gasteiger partial charge in [-0.05, 0) is 59.9 Å². The Balaban J connectivity index is 0.000000162. The Hall–Kier alpha value is -4.48. The molecular weight excluding hydrogens is 827 g/mol. The first-order valence-electron chi connectivity index (χ1n) is 21.0. The first-order valence-corrected chi connectivity index (χ1v) is 21.0. The maximum absolute atomic E-state index is 9.70. The lowest BCUT2D eigenvalue weighted by atomic mass is 10.1. The average molecular weight is 886 g/mol. The van der Waals surface area contributed by atoms with Crippen LogP contribution in [0.4, 0.5) is 5.82 Å². The van der Waals surface area contributed by atoms with Crippen molar-refractivity contribution in [2.45, 2.75) is 114 Å². The Kier molecular flexibility index (Phi) is 15.5. The van der Waals surface area contributed by atoms with E-state index in [0.29, 0.717) is 40.6 Å². The number of nitrogens with two attached hydrogens (primary N) is 1. The molecule has 4 saturated heterocycles. The topological polar surface area (TPSA) is 294 Å². The number of aromatic nitrogens is 11. The van der Waals surface area contributed by atoms with Crippen LogP contribution in [0.3, 0.4) is 0 Å². The zero-order valence-electron chi connectivity index (χ0n) is 36.3. The lowest BCUT2D eigenvalue weighted by Gasteiger charge is -2.24. The van der Waals surface area contributed by atoms with E-state index in [1.807, 2.05) is 32.3 Å². The second-order valence-electron chi connectivity index (χ2n) is 15.8. The van der Waals surface area contributed by atoms with Crippen molar-refractivity contribution in [3.63, 3.8) is 0 Å². The highest BCUT2D eigenvalue weighted by molar-refractivity contribution is 5.82. The van der Waals surface area contributed by atoms with Crippen LogP contribution in [0.25, 0.3) is 28.1 Å². The molecule has 0 bridgehead atoms. The molecular formula is C38H59N15O10. The monoisotopic (exact) mass is 885 g/mol. The van der Waals surface area contributed by atoms with Gasteiger partial charge < -0.3 is 59.4 Å². The molecule has 4 fully saturated rings. The fourth-order valence-corrected chi connectivity index (χ4v) is 7.78. The minimum Gasteiger partial charge on any atom is -0.394 e. The zero-order valence-corrected chi connectivity index (χ0v) is 36.3. The summed E-state index contributed by atoms with van der Waals surface area (Å²) in [6.07, 6.45) is 9.84. The standard InChI is InChI=1S/C18H28N6O5.C15H17N7O4.C5H14N2O/c1-18(2)28-13-11(8-25)27-17(14(13)29-18)24-10-23-12-15(21-9-22-16(12)24)20-6-4-5-7-26-19-3;1-15(2)25-10-8(3-23)24-14(11(10)26-15)22-5-18-9-12(16-4-17-13(9)22)21-6-19-20-7-21;1-7-8-5-3-2-4-6/h9-11,13-14,17,19,25H,4-8H2,1-3H3,(H,20,21,22);4-8,10-11,14,23H,3H2,1-2H3;7H,2-6H2,1H3. The molecule has 0 spiro atoms. The molecule has 0 aliphatic carbocycles. The van der Waals surface area contributed by atoms with Crippen molar-refractivity contribution in [1.29, 1.82) is 0 Å². The minimum absolute atomic E-state index is 0.150. The first-order chi connectivity index (χ1) is 30.5. The number of fused-ring (bicyclic) bond motifs is 4.